The molecule has 1 N–H and O–H groups in total. The Morgan fingerprint density at radius 3 is 2.88 bits per heavy atom. The standard InChI is InChI=1S/C11H17NO4/c1-3-7-16-11(15)12-6-4-5-8(2)9(12)10(13)14/h3,8-9H,1,4-7H2,2H3,(H,13,14). The van der Waals surface area contributed by atoms with Crippen molar-refractivity contribution >= 4 is 12.1 Å². The van der Waals surface area contributed by atoms with E-state index in [4.69, 9.17) is 9.84 Å². The SMILES string of the molecule is C=CCOC(=O)N1CCCC(C)C1C(=O)O. The van der Waals surface area contributed by atoms with Crippen LogP contribution < -0.4 is 0 Å². The Morgan fingerprint density at radius 1 is 1.62 bits per heavy atom. The third kappa shape index (κ3) is 2.74. The van der Waals surface area contributed by atoms with Gasteiger partial charge >= 0.3 is 12.1 Å². The number of hydrogen-bond donors (Lipinski definition) is 1. The van der Waals surface area contributed by atoms with Crippen molar-refractivity contribution < 1.29 is 19.4 Å². The first-order chi connectivity index (χ1) is 7.57. The number of aliphatic carboxylic acids is 1. The van der Waals surface area contributed by atoms with Crippen LogP contribution in [0.25, 0.3) is 0 Å². The Labute approximate surface area is 94.7 Å². The van der Waals surface area contributed by atoms with E-state index in [0.29, 0.717) is 6.54 Å². The molecule has 0 aromatic rings. The van der Waals surface area contributed by atoms with Crippen LogP contribution in [-0.4, -0.2) is 41.3 Å². The van der Waals surface area contributed by atoms with Gasteiger partial charge in [0.25, 0.3) is 0 Å². The Morgan fingerprint density at radius 2 is 2.31 bits per heavy atom. The Balaban J connectivity index is 2.70. The van der Waals surface area contributed by atoms with E-state index < -0.39 is 18.1 Å². The Bertz CT molecular complexity index is 290. The molecule has 2 unspecified atom stereocenters. The molecule has 1 aliphatic rings. The predicted octanol–water partition coefficient (Wildman–Crippen LogP) is 1.49. The molecule has 1 fully saturated rings. The van der Waals surface area contributed by atoms with Crippen molar-refractivity contribution in [2.24, 2.45) is 5.92 Å². The Hall–Kier alpha value is -1.52. The minimum atomic E-state index is -0.970. The zero-order chi connectivity index (χ0) is 12.1. The number of rotatable bonds is 3. The highest BCUT2D eigenvalue weighted by atomic mass is 16.6. The molecule has 1 saturated heterocycles. The van der Waals surface area contributed by atoms with Crippen LogP contribution in [-0.2, 0) is 9.53 Å². The van der Waals surface area contributed by atoms with E-state index in [1.807, 2.05) is 6.92 Å². The smallest absolute Gasteiger partial charge is 0.410 e. The van der Waals surface area contributed by atoms with Crippen LogP contribution in [0, 0.1) is 5.92 Å². The van der Waals surface area contributed by atoms with Crippen LogP contribution in [0.5, 0.6) is 0 Å². The van der Waals surface area contributed by atoms with E-state index in [0.717, 1.165) is 12.8 Å². The van der Waals surface area contributed by atoms with Crippen LogP contribution in [0.15, 0.2) is 12.7 Å². The maximum absolute atomic E-state index is 11.6. The van der Waals surface area contributed by atoms with Crippen LogP contribution in [0.4, 0.5) is 4.79 Å². The molecular formula is C11H17NO4. The van der Waals surface area contributed by atoms with Crippen molar-refractivity contribution in [3.63, 3.8) is 0 Å². The summed E-state index contributed by atoms with van der Waals surface area (Å²) in [6, 6.07) is -0.772. The fraction of sp³-hybridized carbons (Fsp3) is 0.636. The number of carbonyl (C=O) groups is 2. The summed E-state index contributed by atoms with van der Waals surface area (Å²) in [6.45, 7) is 5.82. The van der Waals surface area contributed by atoms with Gasteiger partial charge in [0.05, 0.1) is 0 Å². The molecule has 90 valence electrons. The lowest BCUT2D eigenvalue weighted by Gasteiger charge is -2.36. The molecule has 1 heterocycles. The summed E-state index contributed by atoms with van der Waals surface area (Å²) in [5.41, 5.74) is 0. The van der Waals surface area contributed by atoms with Crippen molar-refractivity contribution in [3.05, 3.63) is 12.7 Å². The highest BCUT2D eigenvalue weighted by molar-refractivity contribution is 5.80. The number of hydrogen-bond acceptors (Lipinski definition) is 3. The fourth-order valence-electron chi connectivity index (χ4n) is 1.98. The van der Waals surface area contributed by atoms with Crippen LogP contribution in [0.1, 0.15) is 19.8 Å². The zero-order valence-corrected chi connectivity index (χ0v) is 9.39. The second-order valence-electron chi connectivity index (χ2n) is 3.96. The van der Waals surface area contributed by atoms with E-state index in [1.54, 1.807) is 0 Å². The van der Waals surface area contributed by atoms with Crippen molar-refractivity contribution in [1.82, 2.24) is 4.90 Å². The average molecular weight is 227 g/mol. The number of amides is 1. The molecule has 0 bridgehead atoms. The summed E-state index contributed by atoms with van der Waals surface area (Å²) in [5.74, 6) is -1.01. The molecule has 0 aromatic carbocycles. The van der Waals surface area contributed by atoms with Crippen molar-refractivity contribution in [2.45, 2.75) is 25.8 Å². The highest BCUT2D eigenvalue weighted by Crippen LogP contribution is 2.24. The van der Waals surface area contributed by atoms with Gasteiger partial charge < -0.3 is 9.84 Å². The lowest BCUT2D eigenvalue weighted by molar-refractivity contribution is -0.145. The molecule has 16 heavy (non-hydrogen) atoms. The number of carboxylic acid groups (broad SMARTS) is 1. The average Bonchev–Trinajstić information content (AvgIpc) is 2.24. The van der Waals surface area contributed by atoms with E-state index in [-0.39, 0.29) is 12.5 Å². The molecule has 0 aliphatic carbocycles. The van der Waals surface area contributed by atoms with Crippen molar-refractivity contribution in [1.29, 1.82) is 0 Å². The number of ether oxygens (including phenoxy) is 1. The van der Waals surface area contributed by atoms with Gasteiger partial charge in [-0.1, -0.05) is 19.6 Å². The summed E-state index contributed by atoms with van der Waals surface area (Å²) in [5, 5.41) is 9.08. The zero-order valence-electron chi connectivity index (χ0n) is 9.39. The first-order valence-corrected chi connectivity index (χ1v) is 5.35. The van der Waals surface area contributed by atoms with Gasteiger partial charge in [-0.15, -0.1) is 0 Å². The molecule has 1 rings (SSSR count). The van der Waals surface area contributed by atoms with Crippen LogP contribution in [0.3, 0.4) is 0 Å². The van der Waals surface area contributed by atoms with Crippen LogP contribution in [0.2, 0.25) is 0 Å². The van der Waals surface area contributed by atoms with Gasteiger partial charge in [-0.05, 0) is 18.8 Å². The summed E-state index contributed by atoms with van der Waals surface area (Å²) in [4.78, 5) is 24.0. The van der Waals surface area contributed by atoms with Gasteiger partial charge in [0, 0.05) is 6.54 Å². The second-order valence-corrected chi connectivity index (χ2v) is 3.96. The quantitative estimate of drug-likeness (QED) is 0.742. The van der Waals surface area contributed by atoms with Gasteiger partial charge in [0.15, 0.2) is 0 Å². The van der Waals surface area contributed by atoms with Gasteiger partial charge in [-0.25, -0.2) is 9.59 Å². The van der Waals surface area contributed by atoms with Crippen molar-refractivity contribution in [2.75, 3.05) is 13.2 Å². The molecule has 1 aliphatic heterocycles. The molecule has 0 saturated carbocycles. The normalized spacial score (nSPS) is 24.9. The molecule has 0 aromatic heterocycles. The molecule has 0 radical (unpaired) electrons. The topological polar surface area (TPSA) is 66.8 Å². The first-order valence-electron chi connectivity index (χ1n) is 5.35. The predicted molar refractivity (Wildman–Crippen MR) is 58.1 cm³/mol. The van der Waals surface area contributed by atoms with Gasteiger partial charge in [-0.3, -0.25) is 4.90 Å². The van der Waals surface area contributed by atoms with E-state index in [2.05, 4.69) is 6.58 Å². The minimum absolute atomic E-state index is 0.0393. The highest BCUT2D eigenvalue weighted by Gasteiger charge is 2.37. The molecular weight excluding hydrogens is 210 g/mol. The van der Waals surface area contributed by atoms with Gasteiger partial charge in [-0.2, -0.15) is 0 Å². The summed E-state index contributed by atoms with van der Waals surface area (Å²) in [6.07, 6.45) is 2.52. The van der Waals surface area contributed by atoms with Crippen LogP contribution >= 0.6 is 0 Å². The Kier molecular flexibility index (Phi) is 4.34. The summed E-state index contributed by atoms with van der Waals surface area (Å²) in [7, 11) is 0. The first kappa shape index (κ1) is 12.5. The maximum Gasteiger partial charge on any atom is 0.410 e. The summed E-state index contributed by atoms with van der Waals surface area (Å²) < 4.78 is 4.86. The molecule has 2 atom stereocenters. The molecule has 0 spiro atoms. The summed E-state index contributed by atoms with van der Waals surface area (Å²) >= 11 is 0. The van der Waals surface area contributed by atoms with E-state index >= 15 is 0 Å². The largest absolute Gasteiger partial charge is 0.480 e. The van der Waals surface area contributed by atoms with E-state index in [1.165, 1.54) is 11.0 Å². The maximum atomic E-state index is 11.6. The third-order valence-corrected chi connectivity index (χ3v) is 2.75. The molecule has 1 amide bonds. The lowest BCUT2D eigenvalue weighted by atomic mass is 9.91. The molecule has 5 nitrogen and oxygen atoms in total. The van der Waals surface area contributed by atoms with Crippen molar-refractivity contribution in [3.8, 4) is 0 Å². The number of piperidine rings is 1. The minimum Gasteiger partial charge on any atom is -0.480 e. The second kappa shape index (κ2) is 5.53. The fourth-order valence-corrected chi connectivity index (χ4v) is 1.98. The number of carboxylic acids is 1. The number of carbonyl (C=O) groups excluding carboxylic acids is 1. The lowest BCUT2D eigenvalue weighted by Crippen LogP contribution is -2.52. The van der Waals surface area contributed by atoms with Gasteiger partial charge in [0.1, 0.15) is 12.6 Å². The molecule has 5 heteroatoms. The third-order valence-electron chi connectivity index (χ3n) is 2.75. The number of nitrogens with zero attached hydrogens (tertiary/aromatic N) is 1. The monoisotopic (exact) mass is 227 g/mol. The van der Waals surface area contributed by atoms with E-state index in [9.17, 15) is 9.59 Å². The van der Waals surface area contributed by atoms with Gasteiger partial charge in [0.2, 0.25) is 0 Å². The number of likely N-dealkylation sites (tertiary alicyclic amines) is 1.